The monoisotopic (exact) mass is 372 g/mol. The first-order chi connectivity index (χ1) is 13.6. The summed E-state index contributed by atoms with van der Waals surface area (Å²) in [7, 11) is 0. The van der Waals surface area contributed by atoms with Gasteiger partial charge >= 0.3 is 0 Å². The second kappa shape index (κ2) is 7.52. The average Bonchev–Trinajstić information content (AvgIpc) is 3.12. The van der Waals surface area contributed by atoms with E-state index >= 15 is 0 Å². The maximum atomic E-state index is 12.4. The molecule has 1 amide bonds. The summed E-state index contributed by atoms with van der Waals surface area (Å²) in [5.41, 5.74) is 5.04. The van der Waals surface area contributed by atoms with Crippen molar-refractivity contribution in [3.05, 3.63) is 72.6 Å². The third kappa shape index (κ3) is 3.44. The van der Waals surface area contributed by atoms with Crippen molar-refractivity contribution in [2.75, 3.05) is 0 Å². The first-order valence-electron chi connectivity index (χ1n) is 9.07. The number of carbonyl (C=O) groups is 1. The fourth-order valence-corrected chi connectivity index (χ4v) is 3.22. The minimum Gasteiger partial charge on any atom is -0.507 e. The van der Waals surface area contributed by atoms with Crippen molar-refractivity contribution in [1.82, 2.24) is 15.0 Å². The van der Waals surface area contributed by atoms with Crippen LogP contribution in [0.4, 0.5) is 0 Å². The zero-order chi connectivity index (χ0) is 19.5. The summed E-state index contributed by atoms with van der Waals surface area (Å²) >= 11 is 0. The summed E-state index contributed by atoms with van der Waals surface area (Å²) in [6, 6.07) is 19.0. The molecule has 0 aliphatic rings. The van der Waals surface area contributed by atoms with E-state index in [4.69, 9.17) is 0 Å². The number of hydrogen-bond acceptors (Lipinski definition) is 4. The van der Waals surface area contributed by atoms with Crippen molar-refractivity contribution >= 4 is 33.9 Å². The zero-order valence-electron chi connectivity index (χ0n) is 15.4. The zero-order valence-corrected chi connectivity index (χ0v) is 15.4. The highest BCUT2D eigenvalue weighted by molar-refractivity contribution is 6.02. The van der Waals surface area contributed by atoms with Gasteiger partial charge in [0.05, 0.1) is 29.5 Å². The van der Waals surface area contributed by atoms with Crippen LogP contribution in [0.15, 0.2) is 72.1 Å². The topological polar surface area (TPSA) is 79.5 Å². The van der Waals surface area contributed by atoms with Gasteiger partial charge < -0.3 is 9.67 Å². The molecule has 1 heterocycles. The number of rotatable bonds is 5. The summed E-state index contributed by atoms with van der Waals surface area (Å²) in [5.74, 6) is -0.376. The van der Waals surface area contributed by atoms with Gasteiger partial charge in [0, 0.05) is 12.1 Å². The molecule has 0 unspecified atom stereocenters. The Morgan fingerprint density at radius 1 is 1.18 bits per heavy atom. The number of phenols is 1. The van der Waals surface area contributed by atoms with Gasteiger partial charge in [0.15, 0.2) is 0 Å². The Kier molecular flexibility index (Phi) is 4.76. The van der Waals surface area contributed by atoms with Crippen LogP contribution in [0.25, 0.3) is 21.8 Å². The molecule has 6 nitrogen and oxygen atoms in total. The lowest BCUT2D eigenvalue weighted by atomic mass is 10.0. The van der Waals surface area contributed by atoms with Crippen LogP contribution in [0, 0.1) is 5.92 Å². The van der Waals surface area contributed by atoms with Crippen molar-refractivity contribution in [1.29, 1.82) is 0 Å². The molecule has 6 heteroatoms. The number of aromatic nitrogens is 2. The quantitative estimate of drug-likeness (QED) is 0.414. The molecule has 140 valence electrons. The Balaban J connectivity index is 1.46. The fraction of sp³-hybridized carbons (Fsp3) is 0.136. The first kappa shape index (κ1) is 17.7. The number of aromatic hydroxyl groups is 1. The highest BCUT2D eigenvalue weighted by Crippen LogP contribution is 2.25. The SMILES string of the molecule is C[C@@H](Cn1cnc2ccccc21)C(=O)N/N=C\c1c(O)ccc2ccccc12. The number of hydrazone groups is 1. The molecule has 0 spiro atoms. The normalized spacial score (nSPS) is 12.6. The lowest BCUT2D eigenvalue weighted by molar-refractivity contribution is -0.124. The molecule has 0 aliphatic heterocycles. The van der Waals surface area contributed by atoms with E-state index in [1.807, 2.05) is 66.1 Å². The van der Waals surface area contributed by atoms with Gasteiger partial charge in [-0.1, -0.05) is 49.4 Å². The van der Waals surface area contributed by atoms with Gasteiger partial charge in [0.1, 0.15) is 5.75 Å². The molecule has 0 bridgehead atoms. The van der Waals surface area contributed by atoms with Gasteiger partial charge in [-0.15, -0.1) is 0 Å². The molecule has 3 aromatic carbocycles. The van der Waals surface area contributed by atoms with E-state index in [-0.39, 0.29) is 17.6 Å². The minimum absolute atomic E-state index is 0.120. The molecule has 0 radical (unpaired) electrons. The largest absolute Gasteiger partial charge is 0.507 e. The van der Waals surface area contributed by atoms with E-state index in [2.05, 4.69) is 15.5 Å². The Bertz CT molecular complexity index is 1180. The Hall–Kier alpha value is -3.67. The number of fused-ring (bicyclic) bond motifs is 2. The Labute approximate surface area is 162 Å². The summed E-state index contributed by atoms with van der Waals surface area (Å²) < 4.78 is 1.96. The van der Waals surface area contributed by atoms with E-state index in [0.29, 0.717) is 12.1 Å². The number of nitrogens with one attached hydrogen (secondary N) is 1. The molecule has 0 fully saturated rings. The molecule has 1 aromatic heterocycles. The maximum Gasteiger partial charge on any atom is 0.244 e. The van der Waals surface area contributed by atoms with E-state index in [1.165, 1.54) is 6.21 Å². The first-order valence-corrected chi connectivity index (χ1v) is 9.07. The number of para-hydroxylation sites is 2. The lowest BCUT2D eigenvalue weighted by Crippen LogP contribution is -2.28. The van der Waals surface area contributed by atoms with Gasteiger partial charge in [-0.3, -0.25) is 4.79 Å². The number of carbonyl (C=O) groups excluding carboxylic acids is 1. The van der Waals surface area contributed by atoms with Crippen molar-refractivity contribution in [2.45, 2.75) is 13.5 Å². The summed E-state index contributed by atoms with van der Waals surface area (Å²) in [6.45, 7) is 2.34. The average molecular weight is 372 g/mol. The Morgan fingerprint density at radius 2 is 1.96 bits per heavy atom. The van der Waals surface area contributed by atoms with Crippen molar-refractivity contribution in [2.24, 2.45) is 11.0 Å². The van der Waals surface area contributed by atoms with Crippen LogP contribution in [0.2, 0.25) is 0 Å². The van der Waals surface area contributed by atoms with Gasteiger partial charge in [-0.2, -0.15) is 5.10 Å². The smallest absolute Gasteiger partial charge is 0.244 e. The standard InChI is InChI=1S/C22H20N4O2/c1-15(13-26-14-23-19-8-4-5-9-20(19)26)22(28)25-24-12-18-17-7-3-2-6-16(17)10-11-21(18)27/h2-12,14-15,27H,13H2,1H3,(H,25,28)/b24-12-/t15-/m0/s1. The second-order valence-corrected chi connectivity index (χ2v) is 6.74. The number of benzene rings is 3. The van der Waals surface area contributed by atoms with E-state index in [0.717, 1.165) is 21.8 Å². The molecule has 0 aliphatic carbocycles. The molecule has 4 rings (SSSR count). The van der Waals surface area contributed by atoms with Gasteiger partial charge in [0.2, 0.25) is 5.91 Å². The van der Waals surface area contributed by atoms with Gasteiger partial charge in [0.25, 0.3) is 0 Å². The van der Waals surface area contributed by atoms with Crippen LogP contribution in [-0.2, 0) is 11.3 Å². The number of nitrogens with zero attached hydrogens (tertiary/aromatic N) is 3. The third-order valence-electron chi connectivity index (χ3n) is 4.76. The fourth-order valence-electron chi connectivity index (χ4n) is 3.22. The summed E-state index contributed by atoms with van der Waals surface area (Å²) in [5, 5.41) is 16.1. The molecule has 2 N–H and O–H groups in total. The molecule has 28 heavy (non-hydrogen) atoms. The summed E-state index contributed by atoms with van der Waals surface area (Å²) in [4.78, 5) is 16.8. The van der Waals surface area contributed by atoms with E-state index < -0.39 is 0 Å². The van der Waals surface area contributed by atoms with Crippen molar-refractivity contribution in [3.8, 4) is 5.75 Å². The maximum absolute atomic E-state index is 12.4. The number of phenolic OH excluding ortho intramolecular Hbond substituents is 1. The highest BCUT2D eigenvalue weighted by Gasteiger charge is 2.14. The lowest BCUT2D eigenvalue weighted by Gasteiger charge is -2.11. The third-order valence-corrected chi connectivity index (χ3v) is 4.76. The number of amides is 1. The van der Waals surface area contributed by atoms with E-state index in [9.17, 15) is 9.90 Å². The van der Waals surface area contributed by atoms with Crippen LogP contribution in [-0.4, -0.2) is 26.8 Å². The predicted octanol–water partition coefficient (Wildman–Crippen LogP) is 3.68. The molecule has 0 saturated heterocycles. The van der Waals surface area contributed by atoms with Gasteiger partial charge in [-0.25, -0.2) is 10.4 Å². The molecular weight excluding hydrogens is 352 g/mol. The van der Waals surface area contributed by atoms with Crippen LogP contribution >= 0.6 is 0 Å². The highest BCUT2D eigenvalue weighted by atomic mass is 16.3. The molecular formula is C22H20N4O2. The van der Waals surface area contributed by atoms with Gasteiger partial charge in [-0.05, 0) is 29.0 Å². The van der Waals surface area contributed by atoms with E-state index in [1.54, 1.807) is 12.4 Å². The Morgan fingerprint density at radius 3 is 2.86 bits per heavy atom. The minimum atomic E-state index is -0.295. The molecule has 0 saturated carbocycles. The molecule has 4 aromatic rings. The predicted molar refractivity (Wildman–Crippen MR) is 110 cm³/mol. The second-order valence-electron chi connectivity index (χ2n) is 6.74. The van der Waals surface area contributed by atoms with Crippen LogP contribution in [0.3, 0.4) is 0 Å². The molecule has 1 atom stereocenters. The van der Waals surface area contributed by atoms with Crippen molar-refractivity contribution in [3.63, 3.8) is 0 Å². The van der Waals surface area contributed by atoms with Crippen molar-refractivity contribution < 1.29 is 9.90 Å². The number of hydrogen-bond donors (Lipinski definition) is 2. The van der Waals surface area contributed by atoms with Crippen LogP contribution in [0.5, 0.6) is 5.75 Å². The summed E-state index contributed by atoms with van der Waals surface area (Å²) in [6.07, 6.45) is 3.22. The number of imidazole rings is 1. The van der Waals surface area contributed by atoms with Crippen LogP contribution in [0.1, 0.15) is 12.5 Å². The van der Waals surface area contributed by atoms with Crippen LogP contribution < -0.4 is 5.43 Å².